The first kappa shape index (κ1) is 12.8. The molecule has 0 radical (unpaired) electrons. The zero-order valence-corrected chi connectivity index (χ0v) is 11.1. The van der Waals surface area contributed by atoms with Crippen molar-refractivity contribution in [2.24, 2.45) is 5.41 Å². The van der Waals surface area contributed by atoms with Crippen LogP contribution in [0.15, 0.2) is 0 Å². The lowest BCUT2D eigenvalue weighted by Gasteiger charge is -2.37. The van der Waals surface area contributed by atoms with Gasteiger partial charge in [-0.3, -0.25) is 4.79 Å². The van der Waals surface area contributed by atoms with Crippen LogP contribution in [0.5, 0.6) is 0 Å². The summed E-state index contributed by atoms with van der Waals surface area (Å²) in [6, 6.07) is 0. The molecule has 2 rings (SSSR count). The second-order valence-electron chi connectivity index (χ2n) is 5.17. The van der Waals surface area contributed by atoms with Crippen molar-refractivity contribution in [2.45, 2.75) is 32.6 Å². The van der Waals surface area contributed by atoms with Gasteiger partial charge in [-0.05, 0) is 24.7 Å². The average Bonchev–Trinajstić information content (AvgIpc) is 2.60. The predicted molar refractivity (Wildman–Crippen MR) is 64.9 cm³/mol. The summed E-state index contributed by atoms with van der Waals surface area (Å²) in [7, 11) is -3.07. The van der Waals surface area contributed by atoms with Crippen molar-refractivity contribution in [2.75, 3.05) is 25.4 Å². The molecule has 1 spiro atoms. The number of amides is 1. The molecule has 2 heterocycles. The number of hydrogen-bond donors (Lipinski definition) is 1. The molecular weight excluding hydrogens is 240 g/mol. The molecule has 17 heavy (non-hydrogen) atoms. The monoisotopic (exact) mass is 260 g/mol. The fraction of sp³-hybridized carbons (Fsp3) is 0.909. The highest BCUT2D eigenvalue weighted by Gasteiger charge is 2.42. The third-order valence-corrected chi connectivity index (χ3v) is 5.91. The van der Waals surface area contributed by atoms with Gasteiger partial charge in [0.15, 0.2) is 0 Å². The molecule has 0 aromatic rings. The minimum Gasteiger partial charge on any atom is -0.356 e. The van der Waals surface area contributed by atoms with Crippen molar-refractivity contribution in [3.05, 3.63) is 0 Å². The minimum absolute atomic E-state index is 0.0231. The number of carbonyl (C=O) groups is 1. The smallest absolute Gasteiger partial charge is 0.220 e. The third-order valence-electron chi connectivity index (χ3n) is 3.83. The molecule has 0 atom stereocenters. The lowest BCUT2D eigenvalue weighted by molar-refractivity contribution is -0.119. The number of piperidine rings is 1. The van der Waals surface area contributed by atoms with Crippen LogP contribution in [0.4, 0.5) is 0 Å². The maximum Gasteiger partial charge on any atom is 0.220 e. The molecule has 2 aliphatic heterocycles. The second kappa shape index (κ2) is 4.57. The first-order chi connectivity index (χ1) is 7.97. The molecule has 0 aliphatic carbocycles. The Labute approximate surface area is 103 Å². The molecule has 2 aliphatic rings. The summed E-state index contributed by atoms with van der Waals surface area (Å²) in [5.74, 6) is 0.340. The van der Waals surface area contributed by atoms with E-state index in [9.17, 15) is 13.2 Å². The van der Waals surface area contributed by atoms with Crippen LogP contribution in [0, 0.1) is 5.41 Å². The van der Waals surface area contributed by atoms with E-state index in [-0.39, 0.29) is 17.1 Å². The highest BCUT2D eigenvalue weighted by Crippen LogP contribution is 2.38. The molecule has 0 bridgehead atoms. The maximum absolute atomic E-state index is 11.9. The van der Waals surface area contributed by atoms with E-state index in [1.807, 2.05) is 6.92 Å². The van der Waals surface area contributed by atoms with E-state index < -0.39 is 10.0 Å². The predicted octanol–water partition coefficient (Wildman–Crippen LogP) is 0.328. The molecule has 1 N–H and O–H groups in total. The van der Waals surface area contributed by atoms with Crippen molar-refractivity contribution in [1.82, 2.24) is 9.62 Å². The van der Waals surface area contributed by atoms with E-state index in [2.05, 4.69) is 5.32 Å². The topological polar surface area (TPSA) is 66.5 Å². The van der Waals surface area contributed by atoms with Crippen LogP contribution in [-0.2, 0) is 14.8 Å². The second-order valence-corrected chi connectivity index (χ2v) is 7.26. The van der Waals surface area contributed by atoms with E-state index in [4.69, 9.17) is 0 Å². The fourth-order valence-corrected chi connectivity index (χ4v) is 4.24. The summed E-state index contributed by atoms with van der Waals surface area (Å²) in [5.41, 5.74) is 0.0231. The van der Waals surface area contributed by atoms with Crippen LogP contribution in [0.25, 0.3) is 0 Å². The van der Waals surface area contributed by atoms with Crippen molar-refractivity contribution in [3.63, 3.8) is 0 Å². The molecule has 2 fully saturated rings. The summed E-state index contributed by atoms with van der Waals surface area (Å²) >= 11 is 0. The van der Waals surface area contributed by atoms with Crippen molar-refractivity contribution in [1.29, 1.82) is 0 Å². The van der Waals surface area contributed by atoms with Crippen LogP contribution in [0.2, 0.25) is 0 Å². The van der Waals surface area contributed by atoms with E-state index >= 15 is 0 Å². The molecule has 0 aromatic carbocycles. The average molecular weight is 260 g/mol. The van der Waals surface area contributed by atoms with Gasteiger partial charge in [0, 0.05) is 26.1 Å². The number of rotatable bonds is 3. The largest absolute Gasteiger partial charge is 0.356 e. The summed E-state index contributed by atoms with van der Waals surface area (Å²) in [6.07, 6.45) is 2.82. The van der Waals surface area contributed by atoms with Gasteiger partial charge < -0.3 is 5.32 Å². The van der Waals surface area contributed by atoms with Gasteiger partial charge in [0.25, 0.3) is 0 Å². The number of sulfonamides is 1. The molecule has 0 saturated carbocycles. The first-order valence-corrected chi connectivity index (χ1v) is 7.83. The van der Waals surface area contributed by atoms with Gasteiger partial charge in [-0.1, -0.05) is 6.92 Å². The van der Waals surface area contributed by atoms with Crippen molar-refractivity contribution in [3.8, 4) is 0 Å². The highest BCUT2D eigenvalue weighted by atomic mass is 32.2. The van der Waals surface area contributed by atoms with Crippen molar-refractivity contribution >= 4 is 15.9 Å². The van der Waals surface area contributed by atoms with Crippen LogP contribution in [0.3, 0.4) is 0 Å². The fourth-order valence-electron chi connectivity index (χ4n) is 2.73. The van der Waals surface area contributed by atoms with Gasteiger partial charge >= 0.3 is 0 Å². The van der Waals surface area contributed by atoms with Gasteiger partial charge in [-0.15, -0.1) is 0 Å². The van der Waals surface area contributed by atoms with Crippen LogP contribution < -0.4 is 5.32 Å². The molecular formula is C11H20N2O3S. The first-order valence-electron chi connectivity index (χ1n) is 6.22. The lowest BCUT2D eigenvalue weighted by Crippen LogP contribution is -2.44. The standard InChI is InChI=1S/C11H20N2O3S/c1-2-7-17(15,16)13-5-3-11(4-6-13)8-10(14)12-9-11/h2-9H2,1H3,(H,12,14). The Hall–Kier alpha value is -0.620. The number of nitrogens with zero attached hydrogens (tertiary/aromatic N) is 1. The number of carbonyl (C=O) groups excluding carboxylic acids is 1. The molecule has 0 aromatic heterocycles. The summed E-state index contributed by atoms with van der Waals surface area (Å²) in [6.45, 7) is 3.73. The molecule has 5 nitrogen and oxygen atoms in total. The Bertz CT molecular complexity index is 397. The number of hydrogen-bond acceptors (Lipinski definition) is 3. The van der Waals surface area contributed by atoms with Gasteiger partial charge in [0.1, 0.15) is 0 Å². The van der Waals surface area contributed by atoms with Gasteiger partial charge in [-0.25, -0.2) is 12.7 Å². The summed E-state index contributed by atoms with van der Waals surface area (Å²) in [5, 5.41) is 2.85. The lowest BCUT2D eigenvalue weighted by atomic mass is 9.78. The van der Waals surface area contributed by atoms with E-state index in [0.29, 0.717) is 32.5 Å². The van der Waals surface area contributed by atoms with Crippen LogP contribution in [0.1, 0.15) is 32.6 Å². The van der Waals surface area contributed by atoms with E-state index in [1.165, 1.54) is 0 Å². The van der Waals surface area contributed by atoms with Crippen LogP contribution >= 0.6 is 0 Å². The molecule has 1 amide bonds. The third kappa shape index (κ3) is 2.63. The Morgan fingerprint density at radius 1 is 1.35 bits per heavy atom. The Morgan fingerprint density at radius 3 is 2.47 bits per heavy atom. The zero-order chi connectivity index (χ0) is 12.5. The molecule has 2 saturated heterocycles. The summed E-state index contributed by atoms with van der Waals surface area (Å²) < 4.78 is 25.4. The number of nitrogens with one attached hydrogen (secondary N) is 1. The van der Waals surface area contributed by atoms with E-state index in [0.717, 1.165) is 12.8 Å². The highest BCUT2D eigenvalue weighted by molar-refractivity contribution is 7.89. The molecule has 98 valence electrons. The quantitative estimate of drug-likeness (QED) is 0.795. The Morgan fingerprint density at radius 2 is 2.00 bits per heavy atom. The maximum atomic E-state index is 11.9. The van der Waals surface area contributed by atoms with Gasteiger partial charge in [0.05, 0.1) is 5.75 Å². The normalized spacial score (nSPS) is 25.1. The van der Waals surface area contributed by atoms with Crippen LogP contribution in [-0.4, -0.2) is 44.0 Å². The molecule has 6 heteroatoms. The zero-order valence-electron chi connectivity index (χ0n) is 10.2. The van der Waals surface area contributed by atoms with E-state index in [1.54, 1.807) is 4.31 Å². The SMILES string of the molecule is CCCS(=O)(=O)N1CCC2(CC1)CNC(=O)C2. The van der Waals surface area contributed by atoms with Gasteiger partial charge in [-0.2, -0.15) is 0 Å². The van der Waals surface area contributed by atoms with Gasteiger partial charge in [0.2, 0.25) is 15.9 Å². The van der Waals surface area contributed by atoms with Crippen molar-refractivity contribution < 1.29 is 13.2 Å². The Kier molecular flexibility index (Phi) is 3.45. The minimum atomic E-state index is -3.07. The Balaban J connectivity index is 1.97. The summed E-state index contributed by atoms with van der Waals surface area (Å²) in [4.78, 5) is 11.3. The molecule has 0 unspecified atom stereocenters.